The summed E-state index contributed by atoms with van der Waals surface area (Å²) in [6, 6.07) is 5.94. The van der Waals surface area contributed by atoms with Gasteiger partial charge in [-0.3, -0.25) is 4.79 Å². The number of benzene rings is 1. The van der Waals surface area contributed by atoms with Crippen molar-refractivity contribution in [3.63, 3.8) is 0 Å². The third-order valence-corrected chi connectivity index (χ3v) is 2.75. The van der Waals surface area contributed by atoms with Crippen LogP contribution in [0.4, 0.5) is 4.39 Å². The second-order valence-corrected chi connectivity index (χ2v) is 5.49. The highest BCUT2D eigenvalue weighted by Crippen LogP contribution is 2.18. The number of nitrogens with one attached hydrogen (secondary N) is 1. The fourth-order valence-electron chi connectivity index (χ4n) is 1.41. The predicted octanol–water partition coefficient (Wildman–Crippen LogP) is 1.89. The molecule has 1 unspecified atom stereocenters. The zero-order valence-electron chi connectivity index (χ0n) is 11.0. The quantitative estimate of drug-likeness (QED) is 0.861. The van der Waals surface area contributed by atoms with Crippen molar-refractivity contribution in [1.29, 1.82) is 0 Å². The van der Waals surface area contributed by atoms with E-state index in [4.69, 9.17) is 0 Å². The van der Waals surface area contributed by atoms with Gasteiger partial charge in [0.2, 0.25) is 5.91 Å². The molecule has 0 spiro atoms. The molecule has 0 radical (unpaired) electrons. The molecule has 3 nitrogen and oxygen atoms in total. The zero-order chi connectivity index (χ0) is 13.8. The summed E-state index contributed by atoms with van der Waals surface area (Å²) in [6.45, 7) is 5.90. The van der Waals surface area contributed by atoms with Gasteiger partial charge in [-0.25, -0.2) is 4.39 Å². The summed E-state index contributed by atoms with van der Waals surface area (Å²) in [5.41, 5.74) is 0.351. The molecule has 0 saturated carbocycles. The fraction of sp³-hybridized carbons (Fsp3) is 0.500. The highest BCUT2D eigenvalue weighted by Gasteiger charge is 2.22. The molecule has 0 aliphatic carbocycles. The lowest BCUT2D eigenvalue weighted by molar-refractivity contribution is -0.121. The standard InChI is InChI=1S/C14H20FNO2/c1-14(2,3)12(17)9-16-13(18)8-10-5-4-6-11(15)7-10/h4-7,12,17H,8-9H2,1-3H3,(H,16,18). The summed E-state index contributed by atoms with van der Waals surface area (Å²) >= 11 is 0. The van der Waals surface area contributed by atoms with Gasteiger partial charge in [0.1, 0.15) is 5.82 Å². The molecule has 1 atom stereocenters. The number of aliphatic hydroxyl groups excluding tert-OH is 1. The highest BCUT2D eigenvalue weighted by molar-refractivity contribution is 5.78. The third kappa shape index (κ3) is 4.84. The van der Waals surface area contributed by atoms with Gasteiger partial charge in [0.15, 0.2) is 0 Å². The molecular weight excluding hydrogens is 233 g/mol. The van der Waals surface area contributed by atoms with Gasteiger partial charge in [-0.1, -0.05) is 32.9 Å². The molecule has 1 amide bonds. The normalized spacial score (nSPS) is 13.2. The molecule has 1 rings (SSSR count). The molecule has 0 aromatic heterocycles. The minimum atomic E-state index is -0.603. The Morgan fingerprint density at radius 1 is 1.44 bits per heavy atom. The Morgan fingerprint density at radius 2 is 2.11 bits per heavy atom. The number of amides is 1. The van der Waals surface area contributed by atoms with Crippen LogP contribution in [0.15, 0.2) is 24.3 Å². The molecule has 1 aromatic carbocycles. The first-order valence-corrected chi connectivity index (χ1v) is 5.98. The summed E-state index contributed by atoms with van der Waals surface area (Å²) in [7, 11) is 0. The molecule has 18 heavy (non-hydrogen) atoms. The van der Waals surface area contributed by atoms with Gasteiger partial charge in [0, 0.05) is 6.54 Å². The van der Waals surface area contributed by atoms with Gasteiger partial charge >= 0.3 is 0 Å². The van der Waals surface area contributed by atoms with Crippen LogP contribution in [0.25, 0.3) is 0 Å². The molecule has 100 valence electrons. The maximum atomic E-state index is 12.9. The Morgan fingerprint density at radius 3 is 2.67 bits per heavy atom. The van der Waals surface area contributed by atoms with E-state index in [1.54, 1.807) is 12.1 Å². The predicted molar refractivity (Wildman–Crippen MR) is 68.6 cm³/mol. The van der Waals surface area contributed by atoms with Gasteiger partial charge in [0.05, 0.1) is 12.5 Å². The SMILES string of the molecule is CC(C)(C)C(O)CNC(=O)Cc1cccc(F)c1. The maximum Gasteiger partial charge on any atom is 0.224 e. The fourth-order valence-corrected chi connectivity index (χ4v) is 1.41. The van der Waals surface area contributed by atoms with Crippen LogP contribution in [0.1, 0.15) is 26.3 Å². The second-order valence-electron chi connectivity index (χ2n) is 5.49. The largest absolute Gasteiger partial charge is 0.391 e. The first kappa shape index (κ1) is 14.6. The number of hydrogen-bond acceptors (Lipinski definition) is 2. The van der Waals surface area contributed by atoms with Crippen LogP contribution < -0.4 is 5.32 Å². The molecule has 0 aliphatic rings. The van der Waals surface area contributed by atoms with Gasteiger partial charge in [-0.2, -0.15) is 0 Å². The monoisotopic (exact) mass is 253 g/mol. The van der Waals surface area contributed by atoms with Crippen LogP contribution in [-0.2, 0) is 11.2 Å². The minimum absolute atomic E-state index is 0.120. The van der Waals surface area contributed by atoms with Crippen molar-refractivity contribution < 1.29 is 14.3 Å². The van der Waals surface area contributed by atoms with Crippen LogP contribution in [0.3, 0.4) is 0 Å². The van der Waals surface area contributed by atoms with Crippen LogP contribution >= 0.6 is 0 Å². The van der Waals surface area contributed by atoms with E-state index in [1.807, 2.05) is 20.8 Å². The van der Waals surface area contributed by atoms with Gasteiger partial charge < -0.3 is 10.4 Å². The van der Waals surface area contributed by atoms with E-state index in [9.17, 15) is 14.3 Å². The third-order valence-electron chi connectivity index (χ3n) is 2.75. The molecule has 4 heteroatoms. The Balaban J connectivity index is 2.43. The second kappa shape index (κ2) is 5.96. The number of hydrogen-bond donors (Lipinski definition) is 2. The van der Waals surface area contributed by atoms with Crippen LogP contribution in [0.5, 0.6) is 0 Å². The summed E-state index contributed by atoms with van der Waals surface area (Å²) < 4.78 is 12.9. The summed E-state index contributed by atoms with van der Waals surface area (Å²) in [5, 5.41) is 12.4. The average Bonchev–Trinajstić information content (AvgIpc) is 2.24. The molecule has 0 heterocycles. The molecule has 2 N–H and O–H groups in total. The molecular formula is C14H20FNO2. The minimum Gasteiger partial charge on any atom is -0.391 e. The molecule has 0 saturated heterocycles. The van der Waals surface area contributed by atoms with Crippen LogP contribution in [-0.4, -0.2) is 23.7 Å². The highest BCUT2D eigenvalue weighted by atomic mass is 19.1. The average molecular weight is 253 g/mol. The van der Waals surface area contributed by atoms with E-state index in [2.05, 4.69) is 5.32 Å². The lowest BCUT2D eigenvalue weighted by Crippen LogP contribution is -2.39. The van der Waals surface area contributed by atoms with Crippen LogP contribution in [0, 0.1) is 11.2 Å². The van der Waals surface area contributed by atoms with Crippen molar-refractivity contribution in [2.75, 3.05) is 6.54 Å². The van der Waals surface area contributed by atoms with E-state index in [1.165, 1.54) is 12.1 Å². The van der Waals surface area contributed by atoms with Gasteiger partial charge in [0.25, 0.3) is 0 Å². The van der Waals surface area contributed by atoms with E-state index >= 15 is 0 Å². The topological polar surface area (TPSA) is 49.3 Å². The summed E-state index contributed by atoms with van der Waals surface area (Å²) in [4.78, 5) is 11.6. The Kier molecular flexibility index (Phi) is 4.84. The van der Waals surface area contributed by atoms with Crippen LogP contribution in [0.2, 0.25) is 0 Å². The Bertz CT molecular complexity index is 413. The van der Waals surface area contributed by atoms with Crippen molar-refractivity contribution in [1.82, 2.24) is 5.32 Å². The van der Waals surface area contributed by atoms with Crippen molar-refractivity contribution >= 4 is 5.91 Å². The number of rotatable bonds is 4. The molecule has 0 aliphatic heterocycles. The first-order chi connectivity index (χ1) is 8.29. The smallest absolute Gasteiger partial charge is 0.224 e. The van der Waals surface area contributed by atoms with Crippen molar-refractivity contribution in [2.24, 2.45) is 5.41 Å². The van der Waals surface area contributed by atoms with Crippen molar-refractivity contribution in [3.8, 4) is 0 Å². The summed E-state index contributed by atoms with van der Waals surface area (Å²) in [5.74, 6) is -0.570. The molecule has 1 aromatic rings. The summed E-state index contributed by atoms with van der Waals surface area (Å²) in [6.07, 6.45) is -0.483. The van der Waals surface area contributed by atoms with Gasteiger partial charge in [-0.05, 0) is 23.1 Å². The van der Waals surface area contributed by atoms with E-state index in [0.29, 0.717) is 5.56 Å². The first-order valence-electron chi connectivity index (χ1n) is 5.98. The van der Waals surface area contributed by atoms with Crippen molar-refractivity contribution in [2.45, 2.75) is 33.3 Å². The Hall–Kier alpha value is -1.42. The zero-order valence-corrected chi connectivity index (χ0v) is 11.0. The van der Waals surface area contributed by atoms with E-state index in [0.717, 1.165) is 0 Å². The van der Waals surface area contributed by atoms with E-state index < -0.39 is 6.10 Å². The number of halogens is 1. The number of aliphatic hydroxyl groups is 1. The molecule has 0 bridgehead atoms. The van der Waals surface area contributed by atoms with E-state index in [-0.39, 0.29) is 30.1 Å². The molecule has 0 fully saturated rings. The van der Waals surface area contributed by atoms with Crippen molar-refractivity contribution in [3.05, 3.63) is 35.6 Å². The number of carbonyl (C=O) groups excluding carboxylic acids is 1. The maximum absolute atomic E-state index is 12.9. The lowest BCUT2D eigenvalue weighted by Gasteiger charge is -2.25. The van der Waals surface area contributed by atoms with Gasteiger partial charge in [-0.15, -0.1) is 0 Å². The lowest BCUT2D eigenvalue weighted by atomic mass is 9.89. The Labute approximate surface area is 107 Å². The number of carbonyl (C=O) groups is 1.